The molecule has 0 spiro atoms. The number of para-hydroxylation sites is 1. The van der Waals surface area contributed by atoms with E-state index in [2.05, 4.69) is 10.5 Å². The summed E-state index contributed by atoms with van der Waals surface area (Å²) in [5.41, 5.74) is 4.94. The molecule has 0 saturated carbocycles. The number of benzene rings is 2. The number of phenolic OH excluding ortho intramolecular Hbond substituents is 1. The van der Waals surface area contributed by atoms with Gasteiger partial charge in [0.2, 0.25) is 0 Å². The molecule has 2 N–H and O–H groups in total. The van der Waals surface area contributed by atoms with Crippen molar-refractivity contribution < 1.29 is 9.84 Å². The molecule has 2 aromatic carbocycles. The Morgan fingerprint density at radius 1 is 1.16 bits per heavy atom. The molecule has 0 saturated heterocycles. The number of hydrogen-bond acceptors (Lipinski definition) is 4. The molecule has 19 heavy (non-hydrogen) atoms. The van der Waals surface area contributed by atoms with Crippen LogP contribution in [0.3, 0.4) is 0 Å². The summed E-state index contributed by atoms with van der Waals surface area (Å²) in [5, 5.41) is 13.3. The van der Waals surface area contributed by atoms with E-state index in [1.165, 1.54) is 0 Å². The van der Waals surface area contributed by atoms with Crippen molar-refractivity contribution in [1.82, 2.24) is 5.43 Å². The lowest BCUT2D eigenvalue weighted by Crippen LogP contribution is -2.06. The van der Waals surface area contributed by atoms with Crippen molar-refractivity contribution in [3.8, 4) is 11.5 Å². The second-order valence-electron chi connectivity index (χ2n) is 4.00. The standard InChI is InChI=1S/C15H16N2O2/c1-19-15-5-3-2-4-13(15)11-17-16-10-12-6-8-14(18)9-7-12/h2-10,17-18H,11H2,1H3/b16-10-. The van der Waals surface area contributed by atoms with E-state index in [4.69, 9.17) is 9.84 Å². The molecule has 0 aliphatic rings. The number of hydrogen-bond donors (Lipinski definition) is 2. The molecule has 0 fully saturated rings. The highest BCUT2D eigenvalue weighted by molar-refractivity contribution is 5.79. The molecule has 4 heteroatoms. The van der Waals surface area contributed by atoms with Crippen LogP contribution in [-0.4, -0.2) is 18.4 Å². The van der Waals surface area contributed by atoms with E-state index in [0.29, 0.717) is 6.54 Å². The van der Waals surface area contributed by atoms with Gasteiger partial charge in [0, 0.05) is 5.56 Å². The number of ether oxygens (including phenoxy) is 1. The summed E-state index contributed by atoms with van der Waals surface area (Å²) < 4.78 is 5.25. The summed E-state index contributed by atoms with van der Waals surface area (Å²) in [5.74, 6) is 1.09. The zero-order valence-corrected chi connectivity index (χ0v) is 10.7. The molecule has 0 amide bonds. The van der Waals surface area contributed by atoms with Gasteiger partial charge in [-0.15, -0.1) is 0 Å². The lowest BCUT2D eigenvalue weighted by atomic mass is 10.2. The topological polar surface area (TPSA) is 53.8 Å². The second kappa shape index (κ2) is 6.44. The van der Waals surface area contributed by atoms with E-state index in [1.54, 1.807) is 37.6 Å². The monoisotopic (exact) mass is 256 g/mol. The molecule has 2 aromatic rings. The number of nitrogens with zero attached hydrogens (tertiary/aromatic N) is 1. The molecule has 0 unspecified atom stereocenters. The van der Waals surface area contributed by atoms with Gasteiger partial charge in [0.15, 0.2) is 0 Å². The Morgan fingerprint density at radius 3 is 2.63 bits per heavy atom. The fourth-order valence-electron chi connectivity index (χ4n) is 1.66. The summed E-state index contributed by atoms with van der Waals surface area (Å²) in [6, 6.07) is 14.6. The molecule has 0 heterocycles. The van der Waals surface area contributed by atoms with Gasteiger partial charge in [-0.1, -0.05) is 18.2 Å². The first-order valence-corrected chi connectivity index (χ1v) is 5.96. The van der Waals surface area contributed by atoms with Gasteiger partial charge in [-0.25, -0.2) is 0 Å². The van der Waals surface area contributed by atoms with E-state index in [1.807, 2.05) is 24.3 Å². The van der Waals surface area contributed by atoms with E-state index in [0.717, 1.165) is 16.9 Å². The van der Waals surface area contributed by atoms with Gasteiger partial charge in [0.05, 0.1) is 19.9 Å². The number of hydrazone groups is 1. The Hall–Kier alpha value is -2.49. The molecule has 0 aliphatic carbocycles. The van der Waals surface area contributed by atoms with Gasteiger partial charge in [-0.3, -0.25) is 0 Å². The maximum atomic E-state index is 9.16. The summed E-state index contributed by atoms with van der Waals surface area (Å²) in [6.45, 7) is 0.596. The Kier molecular flexibility index (Phi) is 4.39. The Bertz CT molecular complexity index is 550. The van der Waals surface area contributed by atoms with Crippen LogP contribution in [0.4, 0.5) is 0 Å². The lowest BCUT2D eigenvalue weighted by molar-refractivity contribution is 0.408. The minimum atomic E-state index is 0.249. The quantitative estimate of drug-likeness (QED) is 0.638. The molecular formula is C15H16N2O2. The smallest absolute Gasteiger partial charge is 0.123 e. The van der Waals surface area contributed by atoms with Crippen LogP contribution in [0.1, 0.15) is 11.1 Å². The van der Waals surface area contributed by atoms with Crippen LogP contribution in [0.15, 0.2) is 53.6 Å². The van der Waals surface area contributed by atoms with E-state index >= 15 is 0 Å². The van der Waals surface area contributed by atoms with Crippen LogP contribution in [0, 0.1) is 0 Å². The van der Waals surface area contributed by atoms with Gasteiger partial charge < -0.3 is 15.3 Å². The maximum Gasteiger partial charge on any atom is 0.123 e. The zero-order chi connectivity index (χ0) is 13.5. The fraction of sp³-hybridized carbons (Fsp3) is 0.133. The maximum absolute atomic E-state index is 9.16. The third-order valence-electron chi connectivity index (χ3n) is 2.66. The first-order valence-electron chi connectivity index (χ1n) is 5.96. The molecule has 0 aromatic heterocycles. The van der Waals surface area contributed by atoms with Gasteiger partial charge in [0.25, 0.3) is 0 Å². The second-order valence-corrected chi connectivity index (χ2v) is 4.00. The number of phenols is 1. The van der Waals surface area contributed by atoms with Crippen LogP contribution in [0.5, 0.6) is 11.5 Å². The first kappa shape index (κ1) is 13.0. The molecule has 0 radical (unpaired) electrons. The predicted octanol–water partition coefficient (Wildman–Crippen LogP) is 2.52. The van der Waals surface area contributed by atoms with Crippen LogP contribution in [0.2, 0.25) is 0 Å². The van der Waals surface area contributed by atoms with Gasteiger partial charge >= 0.3 is 0 Å². The van der Waals surface area contributed by atoms with Gasteiger partial charge in [-0.2, -0.15) is 5.10 Å². The summed E-state index contributed by atoms with van der Waals surface area (Å²) in [4.78, 5) is 0. The van der Waals surface area contributed by atoms with Gasteiger partial charge in [0.1, 0.15) is 11.5 Å². The van der Waals surface area contributed by atoms with Crippen LogP contribution in [-0.2, 0) is 6.54 Å². The van der Waals surface area contributed by atoms with Crippen molar-refractivity contribution >= 4 is 6.21 Å². The Balaban J connectivity index is 1.91. The van der Waals surface area contributed by atoms with Crippen molar-refractivity contribution in [2.24, 2.45) is 5.10 Å². The number of rotatable bonds is 5. The minimum absolute atomic E-state index is 0.249. The average Bonchev–Trinajstić information content (AvgIpc) is 2.46. The van der Waals surface area contributed by atoms with Crippen LogP contribution in [0.25, 0.3) is 0 Å². The van der Waals surface area contributed by atoms with E-state index < -0.39 is 0 Å². The minimum Gasteiger partial charge on any atom is -0.508 e. The predicted molar refractivity (Wildman–Crippen MR) is 75.5 cm³/mol. The Labute approximate surface area is 112 Å². The first-order chi connectivity index (χ1) is 9.29. The summed E-state index contributed by atoms with van der Waals surface area (Å²) in [7, 11) is 1.65. The van der Waals surface area contributed by atoms with Crippen molar-refractivity contribution in [2.45, 2.75) is 6.54 Å². The molecule has 2 rings (SSSR count). The van der Waals surface area contributed by atoms with Crippen molar-refractivity contribution in [1.29, 1.82) is 0 Å². The fourth-order valence-corrected chi connectivity index (χ4v) is 1.66. The third-order valence-corrected chi connectivity index (χ3v) is 2.66. The van der Waals surface area contributed by atoms with Crippen molar-refractivity contribution in [2.75, 3.05) is 7.11 Å². The van der Waals surface area contributed by atoms with Crippen molar-refractivity contribution in [3.63, 3.8) is 0 Å². The third kappa shape index (κ3) is 3.74. The number of aromatic hydroxyl groups is 1. The number of methoxy groups -OCH3 is 1. The molecule has 4 nitrogen and oxygen atoms in total. The zero-order valence-electron chi connectivity index (χ0n) is 10.7. The largest absolute Gasteiger partial charge is 0.508 e. The van der Waals surface area contributed by atoms with E-state index in [9.17, 15) is 0 Å². The SMILES string of the molecule is COc1ccccc1CN/N=C\c1ccc(O)cc1. The lowest BCUT2D eigenvalue weighted by Gasteiger charge is -2.07. The van der Waals surface area contributed by atoms with Crippen LogP contribution >= 0.6 is 0 Å². The highest BCUT2D eigenvalue weighted by Crippen LogP contribution is 2.16. The molecule has 0 aliphatic heterocycles. The van der Waals surface area contributed by atoms with Crippen molar-refractivity contribution in [3.05, 3.63) is 59.7 Å². The highest BCUT2D eigenvalue weighted by atomic mass is 16.5. The molecule has 0 bridgehead atoms. The summed E-state index contributed by atoms with van der Waals surface area (Å²) >= 11 is 0. The normalized spacial score (nSPS) is 10.6. The molecular weight excluding hydrogens is 240 g/mol. The molecule has 98 valence electrons. The molecule has 0 atom stereocenters. The highest BCUT2D eigenvalue weighted by Gasteiger charge is 1.99. The summed E-state index contributed by atoms with van der Waals surface area (Å²) in [6.07, 6.45) is 1.70. The Morgan fingerprint density at radius 2 is 1.89 bits per heavy atom. The van der Waals surface area contributed by atoms with Gasteiger partial charge in [-0.05, 0) is 35.9 Å². The van der Waals surface area contributed by atoms with Crippen LogP contribution < -0.4 is 10.2 Å². The average molecular weight is 256 g/mol. The number of nitrogens with one attached hydrogen (secondary N) is 1. The van der Waals surface area contributed by atoms with E-state index in [-0.39, 0.29) is 5.75 Å².